The summed E-state index contributed by atoms with van der Waals surface area (Å²) in [7, 11) is 0. The Morgan fingerprint density at radius 1 is 1.14 bits per heavy atom. The number of para-hydroxylation sites is 1. The molecule has 2 N–H and O–H groups in total. The summed E-state index contributed by atoms with van der Waals surface area (Å²) in [5, 5.41) is 0. The standard InChI is InChI=1S/C11H16BrNO/c12-10-6-2-3-7-11(10)14-9-5-1-4-8-13/h2-3,6-7H,1,4-5,8-9,13H2. The van der Waals surface area contributed by atoms with E-state index in [-0.39, 0.29) is 0 Å². The lowest BCUT2D eigenvalue weighted by Crippen LogP contribution is -2.01. The SMILES string of the molecule is NCCCCCOc1ccccc1Br. The van der Waals surface area contributed by atoms with Crippen molar-refractivity contribution in [1.29, 1.82) is 0 Å². The van der Waals surface area contributed by atoms with Crippen LogP contribution in [-0.2, 0) is 0 Å². The molecule has 0 spiro atoms. The maximum Gasteiger partial charge on any atom is 0.133 e. The van der Waals surface area contributed by atoms with Gasteiger partial charge in [0.25, 0.3) is 0 Å². The Balaban J connectivity index is 2.21. The molecule has 78 valence electrons. The third-order valence-corrected chi connectivity index (χ3v) is 2.60. The van der Waals surface area contributed by atoms with Gasteiger partial charge < -0.3 is 10.5 Å². The second-order valence-corrected chi connectivity index (χ2v) is 3.98. The van der Waals surface area contributed by atoms with Gasteiger partial charge in [-0.05, 0) is 53.9 Å². The normalized spacial score (nSPS) is 10.1. The number of halogens is 1. The fourth-order valence-corrected chi connectivity index (χ4v) is 1.57. The molecule has 1 aromatic carbocycles. The molecule has 0 saturated carbocycles. The maximum atomic E-state index is 5.60. The third kappa shape index (κ3) is 4.11. The molecule has 0 aliphatic heterocycles. The van der Waals surface area contributed by atoms with Gasteiger partial charge in [0.1, 0.15) is 5.75 Å². The minimum absolute atomic E-state index is 0.766. The summed E-state index contributed by atoms with van der Waals surface area (Å²) in [6.45, 7) is 1.54. The molecule has 0 aliphatic rings. The Hall–Kier alpha value is -0.540. The lowest BCUT2D eigenvalue weighted by Gasteiger charge is -2.07. The summed E-state index contributed by atoms with van der Waals surface area (Å²) in [6.07, 6.45) is 3.29. The molecule has 1 aromatic rings. The lowest BCUT2D eigenvalue weighted by atomic mass is 10.2. The van der Waals surface area contributed by atoms with E-state index in [1.165, 1.54) is 0 Å². The van der Waals surface area contributed by atoms with Gasteiger partial charge in [-0.15, -0.1) is 0 Å². The van der Waals surface area contributed by atoms with Crippen LogP contribution in [0.4, 0.5) is 0 Å². The van der Waals surface area contributed by atoms with Crippen molar-refractivity contribution in [3.05, 3.63) is 28.7 Å². The number of hydrogen-bond acceptors (Lipinski definition) is 2. The van der Waals surface area contributed by atoms with E-state index in [2.05, 4.69) is 15.9 Å². The van der Waals surface area contributed by atoms with Gasteiger partial charge in [0.2, 0.25) is 0 Å². The summed E-state index contributed by atoms with van der Waals surface area (Å²) in [5.74, 6) is 0.917. The summed E-state index contributed by atoms with van der Waals surface area (Å²) >= 11 is 3.43. The van der Waals surface area contributed by atoms with E-state index in [0.717, 1.165) is 42.6 Å². The predicted octanol–water partition coefficient (Wildman–Crippen LogP) is 2.96. The van der Waals surface area contributed by atoms with Crippen molar-refractivity contribution in [2.45, 2.75) is 19.3 Å². The second kappa shape index (κ2) is 6.85. The highest BCUT2D eigenvalue weighted by Gasteiger charge is 1.97. The molecule has 3 heteroatoms. The topological polar surface area (TPSA) is 35.2 Å². The van der Waals surface area contributed by atoms with Crippen LogP contribution in [0.3, 0.4) is 0 Å². The number of benzene rings is 1. The van der Waals surface area contributed by atoms with Gasteiger partial charge in [-0.25, -0.2) is 0 Å². The Morgan fingerprint density at radius 2 is 1.93 bits per heavy atom. The summed E-state index contributed by atoms with van der Waals surface area (Å²) < 4.78 is 6.61. The Kier molecular flexibility index (Phi) is 5.64. The van der Waals surface area contributed by atoms with Crippen LogP contribution in [0.15, 0.2) is 28.7 Å². The molecule has 0 fully saturated rings. The highest BCUT2D eigenvalue weighted by Crippen LogP contribution is 2.23. The molecule has 0 aliphatic carbocycles. The largest absolute Gasteiger partial charge is 0.492 e. The number of ether oxygens (including phenoxy) is 1. The van der Waals surface area contributed by atoms with Gasteiger partial charge in [-0.3, -0.25) is 0 Å². The number of unbranched alkanes of at least 4 members (excludes halogenated alkanes) is 2. The smallest absolute Gasteiger partial charge is 0.133 e. The van der Waals surface area contributed by atoms with Crippen LogP contribution in [0.25, 0.3) is 0 Å². The van der Waals surface area contributed by atoms with E-state index in [9.17, 15) is 0 Å². The average molecular weight is 258 g/mol. The highest BCUT2D eigenvalue weighted by molar-refractivity contribution is 9.10. The lowest BCUT2D eigenvalue weighted by molar-refractivity contribution is 0.304. The summed E-state index contributed by atoms with van der Waals surface area (Å²) in [4.78, 5) is 0. The summed E-state index contributed by atoms with van der Waals surface area (Å²) in [5.41, 5.74) is 5.40. The van der Waals surface area contributed by atoms with Gasteiger partial charge >= 0.3 is 0 Å². The van der Waals surface area contributed by atoms with Crippen molar-refractivity contribution < 1.29 is 4.74 Å². The Bertz CT molecular complexity index is 265. The first-order valence-electron chi connectivity index (χ1n) is 4.92. The zero-order valence-electron chi connectivity index (χ0n) is 8.21. The second-order valence-electron chi connectivity index (χ2n) is 3.13. The molecule has 0 saturated heterocycles. The molecule has 14 heavy (non-hydrogen) atoms. The fraction of sp³-hybridized carbons (Fsp3) is 0.455. The Labute approximate surface area is 93.6 Å². The molecule has 0 radical (unpaired) electrons. The molecule has 0 heterocycles. The van der Waals surface area contributed by atoms with Crippen LogP contribution < -0.4 is 10.5 Å². The molecule has 0 bridgehead atoms. The average Bonchev–Trinajstić information content (AvgIpc) is 2.20. The van der Waals surface area contributed by atoms with Crippen LogP contribution in [0, 0.1) is 0 Å². The minimum Gasteiger partial charge on any atom is -0.492 e. The first kappa shape index (κ1) is 11.5. The van der Waals surface area contributed by atoms with Gasteiger partial charge in [0, 0.05) is 0 Å². The molecule has 0 aromatic heterocycles. The first-order valence-corrected chi connectivity index (χ1v) is 5.71. The molecule has 2 nitrogen and oxygen atoms in total. The van der Waals surface area contributed by atoms with Crippen molar-refractivity contribution in [3.63, 3.8) is 0 Å². The van der Waals surface area contributed by atoms with Crippen LogP contribution in [-0.4, -0.2) is 13.2 Å². The first-order chi connectivity index (χ1) is 6.84. The van der Waals surface area contributed by atoms with E-state index in [0.29, 0.717) is 0 Å². The zero-order valence-corrected chi connectivity index (χ0v) is 9.79. The quantitative estimate of drug-likeness (QED) is 0.796. The maximum absolute atomic E-state index is 5.60. The van der Waals surface area contributed by atoms with Gasteiger partial charge in [0.15, 0.2) is 0 Å². The van der Waals surface area contributed by atoms with Crippen molar-refractivity contribution in [3.8, 4) is 5.75 Å². The van der Waals surface area contributed by atoms with E-state index in [1.807, 2.05) is 24.3 Å². The van der Waals surface area contributed by atoms with Gasteiger partial charge in [-0.2, -0.15) is 0 Å². The van der Waals surface area contributed by atoms with Gasteiger partial charge in [0.05, 0.1) is 11.1 Å². The molecular formula is C11H16BrNO. The van der Waals surface area contributed by atoms with Crippen LogP contribution in [0.2, 0.25) is 0 Å². The zero-order chi connectivity index (χ0) is 10.2. The number of nitrogens with two attached hydrogens (primary N) is 1. The van der Waals surface area contributed by atoms with Crippen molar-refractivity contribution >= 4 is 15.9 Å². The predicted molar refractivity (Wildman–Crippen MR) is 62.5 cm³/mol. The van der Waals surface area contributed by atoms with E-state index in [1.54, 1.807) is 0 Å². The van der Waals surface area contributed by atoms with Crippen LogP contribution >= 0.6 is 15.9 Å². The van der Waals surface area contributed by atoms with E-state index in [4.69, 9.17) is 10.5 Å². The third-order valence-electron chi connectivity index (χ3n) is 1.94. The fourth-order valence-electron chi connectivity index (χ4n) is 1.17. The molecule has 0 unspecified atom stereocenters. The molecule has 0 amide bonds. The minimum atomic E-state index is 0.766. The molecule has 0 atom stereocenters. The van der Waals surface area contributed by atoms with Crippen molar-refractivity contribution in [1.82, 2.24) is 0 Å². The Morgan fingerprint density at radius 3 is 2.64 bits per heavy atom. The van der Waals surface area contributed by atoms with Crippen LogP contribution in [0.1, 0.15) is 19.3 Å². The van der Waals surface area contributed by atoms with Gasteiger partial charge in [-0.1, -0.05) is 12.1 Å². The molecular weight excluding hydrogens is 242 g/mol. The molecule has 1 rings (SSSR count). The number of hydrogen-bond donors (Lipinski definition) is 1. The van der Waals surface area contributed by atoms with Crippen molar-refractivity contribution in [2.24, 2.45) is 5.73 Å². The summed E-state index contributed by atoms with van der Waals surface area (Å²) in [6, 6.07) is 7.90. The van der Waals surface area contributed by atoms with Crippen LogP contribution in [0.5, 0.6) is 5.75 Å². The van der Waals surface area contributed by atoms with Crippen molar-refractivity contribution in [2.75, 3.05) is 13.2 Å². The monoisotopic (exact) mass is 257 g/mol. The number of rotatable bonds is 6. The van der Waals surface area contributed by atoms with E-state index < -0.39 is 0 Å². The highest BCUT2D eigenvalue weighted by atomic mass is 79.9. The van der Waals surface area contributed by atoms with E-state index >= 15 is 0 Å².